The zero-order valence-electron chi connectivity index (χ0n) is 14.7. The van der Waals surface area contributed by atoms with Gasteiger partial charge in [0, 0.05) is 20.3 Å². The number of amides is 1. The van der Waals surface area contributed by atoms with E-state index in [2.05, 4.69) is 20.6 Å². The number of aryl methyl sites for hydroxylation is 1. The molecular weight excluding hydrogens is 316 g/mol. The van der Waals surface area contributed by atoms with Gasteiger partial charge < -0.3 is 10.2 Å². The minimum absolute atomic E-state index is 0.286. The molecule has 0 aliphatic rings. The first-order valence-corrected chi connectivity index (χ1v) is 7.90. The maximum absolute atomic E-state index is 12.6. The van der Waals surface area contributed by atoms with Crippen LogP contribution in [0.3, 0.4) is 0 Å². The number of carbonyl (C=O) groups excluding carboxylic acids is 1. The molecular formula is C18H20N6O. The number of hydrogen-bond acceptors (Lipinski definition) is 5. The fourth-order valence-corrected chi connectivity index (χ4v) is 2.50. The Morgan fingerprint density at radius 1 is 1.12 bits per heavy atom. The largest absolute Gasteiger partial charge is 0.361 e. The third kappa shape index (κ3) is 3.35. The molecule has 2 aromatic heterocycles. The lowest BCUT2D eigenvalue weighted by molar-refractivity contribution is 0.102. The molecule has 3 aromatic rings. The average molecular weight is 336 g/mol. The molecule has 0 spiro atoms. The van der Waals surface area contributed by atoms with Gasteiger partial charge in [-0.05, 0) is 38.1 Å². The summed E-state index contributed by atoms with van der Waals surface area (Å²) in [7, 11) is 3.74. The summed E-state index contributed by atoms with van der Waals surface area (Å²) in [6.07, 6.45) is 1.68. The second-order valence-electron chi connectivity index (χ2n) is 5.99. The number of anilines is 2. The van der Waals surface area contributed by atoms with Gasteiger partial charge >= 0.3 is 0 Å². The number of nitrogens with zero attached hydrogens (tertiary/aromatic N) is 5. The molecule has 1 amide bonds. The average Bonchev–Trinajstić information content (AvgIpc) is 2.97. The summed E-state index contributed by atoms with van der Waals surface area (Å²) >= 11 is 0. The molecule has 2 heterocycles. The minimum atomic E-state index is -0.313. The number of aromatic nitrogens is 4. The summed E-state index contributed by atoms with van der Waals surface area (Å²) in [6, 6.07) is 11.5. The van der Waals surface area contributed by atoms with Crippen LogP contribution >= 0.6 is 0 Å². The Balaban J connectivity index is 1.88. The second-order valence-corrected chi connectivity index (χ2v) is 5.99. The normalized spacial score (nSPS) is 10.6. The summed E-state index contributed by atoms with van der Waals surface area (Å²) in [5.74, 6) is 0.367. The van der Waals surface area contributed by atoms with Gasteiger partial charge in [0.05, 0.1) is 17.1 Å². The van der Waals surface area contributed by atoms with Crippen LogP contribution in [0.15, 0.2) is 42.6 Å². The summed E-state index contributed by atoms with van der Waals surface area (Å²) < 4.78 is 1.66. The molecule has 7 nitrogen and oxygen atoms in total. The van der Waals surface area contributed by atoms with Crippen molar-refractivity contribution in [3.8, 4) is 5.69 Å². The predicted molar refractivity (Wildman–Crippen MR) is 97.4 cm³/mol. The van der Waals surface area contributed by atoms with Gasteiger partial charge in [-0.1, -0.05) is 22.9 Å². The molecule has 0 unspecified atom stereocenters. The Labute approximate surface area is 146 Å². The van der Waals surface area contributed by atoms with Gasteiger partial charge in [-0.25, -0.2) is 9.67 Å². The molecule has 0 saturated heterocycles. The first kappa shape index (κ1) is 16.6. The molecule has 0 fully saturated rings. The molecule has 7 heteroatoms. The van der Waals surface area contributed by atoms with Crippen LogP contribution in [0.2, 0.25) is 0 Å². The number of nitrogens with one attached hydrogen (secondary N) is 1. The van der Waals surface area contributed by atoms with E-state index in [-0.39, 0.29) is 11.6 Å². The van der Waals surface area contributed by atoms with E-state index in [0.29, 0.717) is 17.2 Å². The third-order valence-electron chi connectivity index (χ3n) is 3.85. The monoisotopic (exact) mass is 336 g/mol. The molecule has 0 radical (unpaired) electrons. The van der Waals surface area contributed by atoms with Crippen LogP contribution in [0.1, 0.15) is 21.7 Å². The fourth-order valence-electron chi connectivity index (χ4n) is 2.50. The van der Waals surface area contributed by atoms with Crippen LogP contribution in [0.4, 0.5) is 11.5 Å². The van der Waals surface area contributed by atoms with Crippen molar-refractivity contribution in [2.75, 3.05) is 24.3 Å². The maximum Gasteiger partial charge on any atom is 0.278 e. The van der Waals surface area contributed by atoms with Crippen LogP contribution in [0, 0.1) is 13.8 Å². The standard InChI is InChI=1S/C18H20N6O/c1-12-7-9-14(10-8-12)24-13(2)16(21-22-24)18(25)20-15-6-5-11-19-17(15)23(3)4/h5-11H,1-4H3,(H,20,25). The number of pyridine rings is 1. The molecule has 0 bridgehead atoms. The zero-order chi connectivity index (χ0) is 18.0. The van der Waals surface area contributed by atoms with Crippen molar-refractivity contribution >= 4 is 17.4 Å². The highest BCUT2D eigenvalue weighted by Gasteiger charge is 2.19. The van der Waals surface area contributed by atoms with Gasteiger partial charge in [0.15, 0.2) is 11.5 Å². The minimum Gasteiger partial charge on any atom is -0.361 e. The number of benzene rings is 1. The second kappa shape index (κ2) is 6.72. The number of hydrogen-bond donors (Lipinski definition) is 1. The highest BCUT2D eigenvalue weighted by atomic mass is 16.2. The van der Waals surface area contributed by atoms with Crippen molar-refractivity contribution in [2.24, 2.45) is 0 Å². The first-order chi connectivity index (χ1) is 12.0. The summed E-state index contributed by atoms with van der Waals surface area (Å²) in [5.41, 5.74) is 3.62. The summed E-state index contributed by atoms with van der Waals surface area (Å²) in [6.45, 7) is 3.85. The van der Waals surface area contributed by atoms with E-state index in [1.165, 1.54) is 0 Å². The SMILES string of the molecule is Cc1ccc(-n2nnc(C(=O)Nc3cccnc3N(C)C)c2C)cc1. The van der Waals surface area contributed by atoms with E-state index in [0.717, 1.165) is 11.3 Å². The summed E-state index contributed by atoms with van der Waals surface area (Å²) in [4.78, 5) is 18.8. The quantitative estimate of drug-likeness (QED) is 0.792. The molecule has 0 saturated carbocycles. The first-order valence-electron chi connectivity index (χ1n) is 7.90. The Hall–Kier alpha value is -3.22. The van der Waals surface area contributed by atoms with E-state index in [1.54, 1.807) is 23.0 Å². The van der Waals surface area contributed by atoms with E-state index < -0.39 is 0 Å². The van der Waals surface area contributed by atoms with Gasteiger partial charge in [0.25, 0.3) is 5.91 Å². The van der Waals surface area contributed by atoms with Gasteiger partial charge in [-0.2, -0.15) is 0 Å². The van der Waals surface area contributed by atoms with Crippen molar-refractivity contribution in [1.29, 1.82) is 0 Å². The molecule has 25 heavy (non-hydrogen) atoms. The molecule has 0 aliphatic carbocycles. The molecule has 3 rings (SSSR count). The smallest absolute Gasteiger partial charge is 0.278 e. The van der Waals surface area contributed by atoms with E-state index in [1.807, 2.05) is 57.1 Å². The van der Waals surface area contributed by atoms with Crippen molar-refractivity contribution in [3.63, 3.8) is 0 Å². The predicted octanol–water partition coefficient (Wildman–Crippen LogP) is 2.60. The lowest BCUT2D eigenvalue weighted by Crippen LogP contribution is -2.18. The molecule has 1 N–H and O–H groups in total. The van der Waals surface area contributed by atoms with E-state index >= 15 is 0 Å². The van der Waals surface area contributed by atoms with E-state index in [9.17, 15) is 4.79 Å². The van der Waals surface area contributed by atoms with Crippen molar-refractivity contribution in [3.05, 3.63) is 59.5 Å². The molecule has 128 valence electrons. The van der Waals surface area contributed by atoms with Crippen LogP contribution in [0.5, 0.6) is 0 Å². The highest BCUT2D eigenvalue weighted by molar-refractivity contribution is 6.05. The van der Waals surface area contributed by atoms with Gasteiger partial charge in [-0.15, -0.1) is 5.10 Å². The van der Waals surface area contributed by atoms with Crippen molar-refractivity contribution in [1.82, 2.24) is 20.0 Å². The third-order valence-corrected chi connectivity index (χ3v) is 3.85. The fraction of sp³-hybridized carbons (Fsp3) is 0.222. The number of rotatable bonds is 4. The Kier molecular flexibility index (Phi) is 4.47. The lowest BCUT2D eigenvalue weighted by Gasteiger charge is -2.15. The van der Waals surface area contributed by atoms with Crippen LogP contribution in [-0.2, 0) is 0 Å². The van der Waals surface area contributed by atoms with E-state index in [4.69, 9.17) is 0 Å². The number of carbonyl (C=O) groups is 1. The Morgan fingerprint density at radius 3 is 2.52 bits per heavy atom. The lowest BCUT2D eigenvalue weighted by atomic mass is 10.2. The Bertz CT molecular complexity index is 898. The van der Waals surface area contributed by atoms with Crippen LogP contribution in [-0.4, -0.2) is 40.0 Å². The molecule has 0 aliphatic heterocycles. The molecule has 1 aromatic carbocycles. The van der Waals surface area contributed by atoms with Crippen LogP contribution < -0.4 is 10.2 Å². The van der Waals surface area contributed by atoms with Gasteiger partial charge in [0.2, 0.25) is 0 Å². The maximum atomic E-state index is 12.6. The van der Waals surface area contributed by atoms with Crippen LogP contribution in [0.25, 0.3) is 5.69 Å². The topological polar surface area (TPSA) is 75.9 Å². The molecule has 0 atom stereocenters. The zero-order valence-corrected chi connectivity index (χ0v) is 14.7. The van der Waals surface area contributed by atoms with Gasteiger partial charge in [-0.3, -0.25) is 4.79 Å². The van der Waals surface area contributed by atoms with Gasteiger partial charge in [0.1, 0.15) is 0 Å². The van der Waals surface area contributed by atoms with Crippen molar-refractivity contribution in [2.45, 2.75) is 13.8 Å². The Morgan fingerprint density at radius 2 is 1.84 bits per heavy atom. The highest BCUT2D eigenvalue weighted by Crippen LogP contribution is 2.21. The van der Waals surface area contributed by atoms with Crippen molar-refractivity contribution < 1.29 is 4.79 Å². The summed E-state index contributed by atoms with van der Waals surface area (Å²) in [5, 5.41) is 11.0.